The third-order valence-electron chi connectivity index (χ3n) is 2.69. The molecule has 0 amide bonds. The van der Waals surface area contributed by atoms with E-state index in [1.165, 1.54) is 17.9 Å². The summed E-state index contributed by atoms with van der Waals surface area (Å²) < 4.78 is 31.1. The van der Waals surface area contributed by atoms with Gasteiger partial charge >= 0.3 is 0 Å². The SMILES string of the molecule is COc1ccc2c(=O)n(CC=C(F)F)cc(Br)c2c1. The van der Waals surface area contributed by atoms with Gasteiger partial charge in [-0.05, 0) is 34.1 Å². The van der Waals surface area contributed by atoms with E-state index in [1.54, 1.807) is 18.2 Å². The minimum atomic E-state index is -1.81. The van der Waals surface area contributed by atoms with Crippen molar-refractivity contribution in [2.24, 2.45) is 0 Å². The van der Waals surface area contributed by atoms with Gasteiger partial charge in [0, 0.05) is 34.1 Å². The number of hydrogen-bond acceptors (Lipinski definition) is 2. The zero-order chi connectivity index (χ0) is 14.0. The molecule has 0 fully saturated rings. The fourth-order valence-corrected chi connectivity index (χ4v) is 2.33. The maximum absolute atomic E-state index is 12.1. The first kappa shape index (κ1) is 13.7. The van der Waals surface area contributed by atoms with Crippen molar-refractivity contribution >= 4 is 26.7 Å². The second-order valence-electron chi connectivity index (χ2n) is 3.84. The Morgan fingerprint density at radius 3 is 2.79 bits per heavy atom. The van der Waals surface area contributed by atoms with E-state index in [0.717, 1.165) is 0 Å². The number of allylic oxidation sites excluding steroid dienone is 1. The highest BCUT2D eigenvalue weighted by molar-refractivity contribution is 9.10. The Bertz CT molecular complexity index is 706. The molecule has 100 valence electrons. The number of benzene rings is 1. The Morgan fingerprint density at radius 2 is 2.16 bits per heavy atom. The summed E-state index contributed by atoms with van der Waals surface area (Å²) in [4.78, 5) is 12.1. The summed E-state index contributed by atoms with van der Waals surface area (Å²) in [5.74, 6) is 0.625. The maximum atomic E-state index is 12.1. The van der Waals surface area contributed by atoms with Gasteiger partial charge in [-0.2, -0.15) is 8.78 Å². The third kappa shape index (κ3) is 2.84. The Hall–Kier alpha value is -1.69. The van der Waals surface area contributed by atoms with Crippen LogP contribution < -0.4 is 10.3 Å². The lowest BCUT2D eigenvalue weighted by atomic mass is 10.1. The van der Waals surface area contributed by atoms with Crippen molar-refractivity contribution in [3.63, 3.8) is 0 Å². The van der Waals surface area contributed by atoms with Crippen LogP contribution in [0.25, 0.3) is 10.8 Å². The fraction of sp³-hybridized carbons (Fsp3) is 0.154. The first-order valence-corrected chi connectivity index (χ1v) is 6.20. The van der Waals surface area contributed by atoms with E-state index in [0.29, 0.717) is 27.1 Å². The average Bonchev–Trinajstić information content (AvgIpc) is 2.40. The van der Waals surface area contributed by atoms with Crippen LogP contribution in [0.1, 0.15) is 0 Å². The minimum absolute atomic E-state index is 0.165. The van der Waals surface area contributed by atoms with Crippen molar-refractivity contribution in [3.05, 3.63) is 51.4 Å². The first-order valence-electron chi connectivity index (χ1n) is 5.41. The molecule has 19 heavy (non-hydrogen) atoms. The molecule has 2 aromatic rings. The van der Waals surface area contributed by atoms with Gasteiger partial charge in [-0.1, -0.05) is 0 Å². The van der Waals surface area contributed by atoms with Gasteiger partial charge in [0.05, 0.1) is 7.11 Å². The predicted octanol–water partition coefficient (Wildman–Crippen LogP) is 3.55. The van der Waals surface area contributed by atoms with Crippen LogP contribution >= 0.6 is 15.9 Å². The molecule has 0 bridgehead atoms. The lowest BCUT2D eigenvalue weighted by Crippen LogP contribution is -2.19. The van der Waals surface area contributed by atoms with Gasteiger partial charge in [0.1, 0.15) is 5.75 Å². The van der Waals surface area contributed by atoms with Gasteiger partial charge in [-0.25, -0.2) is 0 Å². The van der Waals surface area contributed by atoms with E-state index in [-0.39, 0.29) is 12.1 Å². The molecular formula is C13H10BrF2NO2. The second kappa shape index (κ2) is 5.52. The number of pyridine rings is 1. The summed E-state index contributed by atoms with van der Waals surface area (Å²) in [5, 5.41) is 1.13. The molecule has 0 aliphatic rings. The molecule has 0 aliphatic carbocycles. The molecule has 0 aliphatic heterocycles. The number of ether oxygens (including phenoxy) is 1. The summed E-state index contributed by atoms with van der Waals surface area (Å²) in [5.41, 5.74) is -0.321. The minimum Gasteiger partial charge on any atom is -0.497 e. The van der Waals surface area contributed by atoms with Gasteiger partial charge in [-0.15, -0.1) is 0 Å². The van der Waals surface area contributed by atoms with E-state index >= 15 is 0 Å². The number of hydrogen-bond donors (Lipinski definition) is 0. The standard InChI is InChI=1S/C13H10BrF2NO2/c1-19-8-2-3-9-10(6-8)11(14)7-17(13(9)18)5-4-12(15)16/h2-4,6-7H,5H2,1H3. The zero-order valence-electron chi connectivity index (χ0n) is 9.99. The molecule has 0 spiro atoms. The van der Waals surface area contributed by atoms with Crippen LogP contribution in [0.4, 0.5) is 8.78 Å². The summed E-state index contributed by atoms with van der Waals surface area (Å²) >= 11 is 3.33. The number of methoxy groups -OCH3 is 1. The molecule has 0 atom stereocenters. The summed E-state index contributed by atoms with van der Waals surface area (Å²) in [6.45, 7) is -0.165. The van der Waals surface area contributed by atoms with Gasteiger partial charge in [0.25, 0.3) is 11.6 Å². The van der Waals surface area contributed by atoms with Crippen LogP contribution in [0.5, 0.6) is 5.75 Å². The molecule has 1 aromatic heterocycles. The fourth-order valence-electron chi connectivity index (χ4n) is 1.76. The van der Waals surface area contributed by atoms with Crippen molar-refractivity contribution in [1.29, 1.82) is 0 Å². The molecule has 0 saturated heterocycles. The smallest absolute Gasteiger partial charge is 0.268 e. The first-order chi connectivity index (χ1) is 9.02. The average molecular weight is 330 g/mol. The normalized spacial score (nSPS) is 10.5. The van der Waals surface area contributed by atoms with Crippen molar-refractivity contribution in [1.82, 2.24) is 4.57 Å². The highest BCUT2D eigenvalue weighted by atomic mass is 79.9. The van der Waals surface area contributed by atoms with Gasteiger partial charge in [0.15, 0.2) is 0 Å². The van der Waals surface area contributed by atoms with Crippen LogP contribution in [0.2, 0.25) is 0 Å². The molecule has 2 rings (SSSR count). The number of fused-ring (bicyclic) bond motifs is 1. The number of rotatable bonds is 3. The van der Waals surface area contributed by atoms with Crippen LogP contribution in [-0.4, -0.2) is 11.7 Å². The molecule has 6 heteroatoms. The van der Waals surface area contributed by atoms with Gasteiger partial charge in [-0.3, -0.25) is 4.79 Å². The van der Waals surface area contributed by atoms with Crippen LogP contribution in [0, 0.1) is 0 Å². The highest BCUT2D eigenvalue weighted by Gasteiger charge is 2.08. The Morgan fingerprint density at radius 1 is 1.42 bits per heavy atom. The number of nitrogens with zero attached hydrogens (tertiary/aromatic N) is 1. The molecular weight excluding hydrogens is 320 g/mol. The summed E-state index contributed by atoms with van der Waals surface area (Å²) in [7, 11) is 1.53. The Kier molecular flexibility index (Phi) is 3.99. The lowest BCUT2D eigenvalue weighted by molar-refractivity contribution is 0.415. The summed E-state index contributed by atoms with van der Waals surface area (Å²) in [6.07, 6.45) is 0.380. The van der Waals surface area contributed by atoms with E-state index in [4.69, 9.17) is 4.74 Å². The van der Waals surface area contributed by atoms with Crippen LogP contribution in [-0.2, 0) is 6.54 Å². The molecule has 0 radical (unpaired) electrons. The number of halogens is 3. The monoisotopic (exact) mass is 329 g/mol. The number of aromatic nitrogens is 1. The highest BCUT2D eigenvalue weighted by Crippen LogP contribution is 2.25. The quantitative estimate of drug-likeness (QED) is 0.862. The van der Waals surface area contributed by atoms with E-state index in [1.807, 2.05) is 0 Å². The van der Waals surface area contributed by atoms with E-state index < -0.39 is 6.08 Å². The molecule has 1 heterocycles. The second-order valence-corrected chi connectivity index (χ2v) is 4.69. The Balaban J connectivity index is 2.62. The Labute approximate surface area is 116 Å². The lowest BCUT2D eigenvalue weighted by Gasteiger charge is -2.08. The van der Waals surface area contributed by atoms with Crippen molar-refractivity contribution < 1.29 is 13.5 Å². The molecule has 0 unspecified atom stereocenters. The maximum Gasteiger partial charge on any atom is 0.268 e. The summed E-state index contributed by atoms with van der Waals surface area (Å²) in [6, 6.07) is 5.00. The molecule has 0 N–H and O–H groups in total. The van der Waals surface area contributed by atoms with Crippen molar-refractivity contribution in [2.75, 3.05) is 7.11 Å². The van der Waals surface area contributed by atoms with Crippen molar-refractivity contribution in [3.8, 4) is 5.75 Å². The van der Waals surface area contributed by atoms with Gasteiger partial charge in [0.2, 0.25) is 0 Å². The van der Waals surface area contributed by atoms with Crippen LogP contribution in [0.15, 0.2) is 45.8 Å². The van der Waals surface area contributed by atoms with E-state index in [9.17, 15) is 13.6 Å². The molecule has 0 saturated carbocycles. The molecule has 3 nitrogen and oxygen atoms in total. The largest absolute Gasteiger partial charge is 0.497 e. The van der Waals surface area contributed by atoms with Gasteiger partial charge < -0.3 is 9.30 Å². The van der Waals surface area contributed by atoms with Crippen molar-refractivity contribution in [2.45, 2.75) is 6.54 Å². The molecule has 1 aromatic carbocycles. The zero-order valence-corrected chi connectivity index (χ0v) is 11.6. The topological polar surface area (TPSA) is 31.2 Å². The predicted molar refractivity (Wildman–Crippen MR) is 72.8 cm³/mol. The van der Waals surface area contributed by atoms with E-state index in [2.05, 4.69) is 15.9 Å². The van der Waals surface area contributed by atoms with Crippen LogP contribution in [0.3, 0.4) is 0 Å². The third-order valence-corrected chi connectivity index (χ3v) is 3.32.